The van der Waals surface area contributed by atoms with Gasteiger partial charge in [0, 0.05) is 25.2 Å². The van der Waals surface area contributed by atoms with Crippen molar-refractivity contribution in [3.8, 4) is 43.7 Å². The molecule has 0 amide bonds. The highest BCUT2D eigenvalue weighted by Gasteiger charge is 2.18. The van der Waals surface area contributed by atoms with Crippen molar-refractivity contribution in [1.29, 1.82) is 0 Å². The lowest BCUT2D eigenvalue weighted by Gasteiger charge is -2.03. The number of fused-ring (bicyclic) bond motifs is 2. The van der Waals surface area contributed by atoms with E-state index in [0.29, 0.717) is 5.82 Å². The van der Waals surface area contributed by atoms with Crippen LogP contribution in [0.1, 0.15) is 0 Å². The Bertz CT molecular complexity index is 2250. The molecule has 9 nitrogen and oxygen atoms in total. The van der Waals surface area contributed by atoms with Gasteiger partial charge in [0.2, 0.25) is 0 Å². The lowest BCUT2D eigenvalue weighted by Crippen LogP contribution is -1.89. The molecule has 6 heterocycles. The summed E-state index contributed by atoms with van der Waals surface area (Å²) in [4.78, 5) is 28.5. The molecule has 0 saturated heterocycles. The summed E-state index contributed by atoms with van der Waals surface area (Å²) in [6.45, 7) is 0. The van der Waals surface area contributed by atoms with E-state index in [9.17, 15) is 0 Å². The summed E-state index contributed by atoms with van der Waals surface area (Å²) in [5, 5.41) is 1.02. The largest absolute Gasteiger partial charge is 0.382 e. The number of aromatic nitrogens is 8. The van der Waals surface area contributed by atoms with E-state index in [4.69, 9.17) is 5.73 Å². The second-order valence-electron chi connectivity index (χ2n) is 10.1. The molecule has 0 radical (unpaired) electrons. The number of anilines is 1. The Balaban J connectivity index is 0.000000145. The van der Waals surface area contributed by atoms with Gasteiger partial charge in [0.1, 0.15) is 23.5 Å². The predicted octanol–water partition coefficient (Wildman–Crippen LogP) is 7.82. The summed E-state index contributed by atoms with van der Waals surface area (Å²) in [6, 6.07) is 24.6. The fourth-order valence-corrected chi connectivity index (χ4v) is 8.14. The average molecular weight is 646 g/mol. The zero-order valence-electron chi connectivity index (χ0n) is 24.6. The third kappa shape index (κ3) is 5.48. The fourth-order valence-electron chi connectivity index (χ4n) is 5.14. The van der Waals surface area contributed by atoms with Crippen LogP contribution >= 0.6 is 34.4 Å². The van der Waals surface area contributed by atoms with Gasteiger partial charge >= 0.3 is 0 Å². The average Bonchev–Trinajstić information content (AvgIpc) is 3.86. The quantitative estimate of drug-likeness (QED) is 0.149. The highest BCUT2D eigenvalue weighted by atomic mass is 32.2. The van der Waals surface area contributed by atoms with Crippen molar-refractivity contribution in [2.75, 3.05) is 12.0 Å². The van der Waals surface area contributed by atoms with Gasteiger partial charge in [-0.2, -0.15) is 0 Å². The van der Waals surface area contributed by atoms with Gasteiger partial charge in [-0.05, 0) is 18.4 Å². The zero-order valence-corrected chi connectivity index (χ0v) is 27.1. The van der Waals surface area contributed by atoms with Gasteiger partial charge in [-0.3, -0.25) is 0 Å². The number of imidazole rings is 2. The van der Waals surface area contributed by atoms with E-state index in [2.05, 4.69) is 64.8 Å². The Hall–Kier alpha value is -4.91. The molecule has 8 rings (SSSR count). The number of rotatable bonds is 5. The first-order valence-electron chi connectivity index (χ1n) is 13.9. The van der Waals surface area contributed by atoms with Crippen LogP contribution < -0.4 is 5.73 Å². The molecular weight excluding hydrogens is 619 g/mol. The van der Waals surface area contributed by atoms with Gasteiger partial charge in [0.05, 0.1) is 65.6 Å². The van der Waals surface area contributed by atoms with Crippen LogP contribution in [0.5, 0.6) is 0 Å². The van der Waals surface area contributed by atoms with Crippen molar-refractivity contribution in [1.82, 2.24) is 39.0 Å². The van der Waals surface area contributed by atoms with Gasteiger partial charge in [0.25, 0.3) is 0 Å². The summed E-state index contributed by atoms with van der Waals surface area (Å²) < 4.78 is 6.14. The Morgan fingerprint density at radius 1 is 0.622 bits per heavy atom. The minimum atomic E-state index is 0.518. The van der Waals surface area contributed by atoms with E-state index in [0.717, 1.165) is 69.1 Å². The minimum Gasteiger partial charge on any atom is -0.382 e. The number of thiophene rings is 2. The second kappa shape index (κ2) is 12.2. The Morgan fingerprint density at radius 3 is 1.62 bits per heavy atom. The summed E-state index contributed by atoms with van der Waals surface area (Å²) in [6.07, 6.45) is 8.86. The Kier molecular flexibility index (Phi) is 7.84. The number of hydrogen-bond acceptors (Lipinski definition) is 10. The maximum atomic E-state index is 5.95. The molecule has 6 aromatic heterocycles. The molecule has 0 aliphatic carbocycles. The molecule has 12 heteroatoms. The van der Waals surface area contributed by atoms with Crippen LogP contribution in [0.15, 0.2) is 103 Å². The van der Waals surface area contributed by atoms with E-state index in [1.807, 2.05) is 80.0 Å². The van der Waals surface area contributed by atoms with Gasteiger partial charge in [0.15, 0.2) is 0 Å². The predicted molar refractivity (Wildman–Crippen MR) is 186 cm³/mol. The molecule has 45 heavy (non-hydrogen) atoms. The molecule has 0 unspecified atom stereocenters. The second-order valence-corrected chi connectivity index (χ2v) is 13.0. The number of nitrogens with zero attached hydrogens (tertiary/aromatic N) is 8. The van der Waals surface area contributed by atoms with Crippen molar-refractivity contribution in [3.63, 3.8) is 0 Å². The van der Waals surface area contributed by atoms with Crippen LogP contribution in [-0.4, -0.2) is 45.3 Å². The maximum Gasteiger partial charge on any atom is 0.144 e. The summed E-state index contributed by atoms with van der Waals surface area (Å²) in [7, 11) is 4.02. The molecule has 8 aromatic rings. The zero-order chi connectivity index (χ0) is 30.9. The van der Waals surface area contributed by atoms with Crippen molar-refractivity contribution in [2.45, 2.75) is 5.03 Å². The maximum absolute atomic E-state index is 5.95. The first kappa shape index (κ1) is 28.8. The van der Waals surface area contributed by atoms with E-state index in [1.165, 1.54) is 6.33 Å². The van der Waals surface area contributed by atoms with E-state index in [-0.39, 0.29) is 0 Å². The third-order valence-corrected chi connectivity index (χ3v) is 10.4. The minimum absolute atomic E-state index is 0.518. The third-order valence-electron chi connectivity index (χ3n) is 7.25. The van der Waals surface area contributed by atoms with Gasteiger partial charge in [-0.25, -0.2) is 29.9 Å². The molecule has 0 atom stereocenters. The molecule has 2 N–H and O–H groups in total. The first-order chi connectivity index (χ1) is 22.0. The van der Waals surface area contributed by atoms with Crippen molar-refractivity contribution < 1.29 is 0 Å². The van der Waals surface area contributed by atoms with Crippen LogP contribution in [0.4, 0.5) is 5.82 Å². The molecule has 0 aliphatic heterocycles. The number of aryl methyl sites for hydroxylation is 2. The van der Waals surface area contributed by atoms with E-state index < -0.39 is 0 Å². The number of hydrogen-bond donors (Lipinski definition) is 1. The van der Waals surface area contributed by atoms with E-state index in [1.54, 1.807) is 40.8 Å². The lowest BCUT2D eigenvalue weighted by molar-refractivity contribution is 0.923. The summed E-state index contributed by atoms with van der Waals surface area (Å²) in [5.41, 5.74) is 14.2. The highest BCUT2D eigenvalue weighted by molar-refractivity contribution is 7.98. The van der Waals surface area contributed by atoms with Crippen LogP contribution in [0.2, 0.25) is 0 Å². The van der Waals surface area contributed by atoms with Gasteiger partial charge < -0.3 is 14.9 Å². The highest BCUT2D eigenvalue weighted by Crippen LogP contribution is 2.40. The number of nitrogens with two attached hydrogens (primary N) is 1. The normalized spacial score (nSPS) is 11.2. The lowest BCUT2D eigenvalue weighted by atomic mass is 10.1. The molecule has 0 spiro atoms. The topological polar surface area (TPSA) is 113 Å². The molecule has 222 valence electrons. The molecule has 0 fully saturated rings. The molecule has 0 saturated carbocycles. The number of benzene rings is 2. The number of thioether (sulfide) groups is 1. The Morgan fingerprint density at radius 2 is 1.11 bits per heavy atom. The SMILES string of the molecule is CSc1ncnc2cc(-c3c(-c4ccccc4)ncn3C)sc12.Cn1cnc(-c2ccccc2)c1-c1cc2ncnc(N)c2s1. The number of nitrogen functional groups attached to an aromatic ring is 1. The van der Waals surface area contributed by atoms with E-state index >= 15 is 0 Å². The molecular formula is C33H27N9S3. The van der Waals surface area contributed by atoms with Crippen LogP contribution in [0, 0.1) is 0 Å². The van der Waals surface area contributed by atoms with Crippen molar-refractivity contribution in [2.24, 2.45) is 14.1 Å². The summed E-state index contributed by atoms with van der Waals surface area (Å²) >= 11 is 4.97. The fraction of sp³-hybridized carbons (Fsp3) is 0.0909. The first-order valence-corrected chi connectivity index (χ1v) is 16.8. The molecule has 0 bridgehead atoms. The standard InChI is InChI=1S/C17H14N4S2.C16H13N5S/c1-21-10-20-14(11-6-4-3-5-7-11)15(21)13-8-12-16(23-13)17(22-2)19-9-18-12;1-21-9-20-13(10-5-3-2-4-6-10)14(21)12-7-11-15(22-12)16(17)19-8-18-11/h3-10H,1-2H3;2-9H,1H3,(H2,17,18,19). The molecule has 2 aromatic carbocycles. The Labute approximate surface area is 271 Å². The van der Waals surface area contributed by atoms with Crippen LogP contribution in [0.25, 0.3) is 64.1 Å². The van der Waals surface area contributed by atoms with Gasteiger partial charge in [-0.1, -0.05) is 60.7 Å². The van der Waals surface area contributed by atoms with Crippen LogP contribution in [-0.2, 0) is 14.1 Å². The van der Waals surface area contributed by atoms with Crippen molar-refractivity contribution >= 4 is 60.7 Å². The molecule has 0 aliphatic rings. The smallest absolute Gasteiger partial charge is 0.144 e. The monoisotopic (exact) mass is 645 g/mol. The van der Waals surface area contributed by atoms with Crippen LogP contribution in [0.3, 0.4) is 0 Å². The van der Waals surface area contributed by atoms with Crippen molar-refractivity contribution in [3.05, 3.63) is 98.1 Å². The summed E-state index contributed by atoms with van der Waals surface area (Å²) in [5.74, 6) is 0.518. The van der Waals surface area contributed by atoms with Gasteiger partial charge in [-0.15, -0.1) is 34.4 Å².